The maximum Gasteiger partial charge on any atom is 0.193 e. The number of rotatable bonds is 4. The van der Waals surface area contributed by atoms with Crippen molar-refractivity contribution in [2.75, 3.05) is 25.6 Å². The minimum absolute atomic E-state index is 0. The number of aliphatic imine (C=N–C) groups is 1. The van der Waals surface area contributed by atoms with E-state index in [1.165, 1.54) is 5.56 Å². The summed E-state index contributed by atoms with van der Waals surface area (Å²) in [6.45, 7) is 3.18. The van der Waals surface area contributed by atoms with Crippen LogP contribution in [0.15, 0.2) is 29.3 Å². The van der Waals surface area contributed by atoms with Crippen molar-refractivity contribution in [2.45, 2.75) is 6.92 Å². The van der Waals surface area contributed by atoms with Crippen molar-refractivity contribution < 1.29 is 4.74 Å². The molecule has 3 N–H and O–H groups in total. The highest BCUT2D eigenvalue weighted by atomic mass is 127. The van der Waals surface area contributed by atoms with Crippen LogP contribution in [0.1, 0.15) is 5.56 Å². The normalized spacial score (nSPS) is 10.8. The first kappa shape index (κ1) is 15.2. The van der Waals surface area contributed by atoms with Gasteiger partial charge in [0.1, 0.15) is 0 Å². The monoisotopic (exact) mass is 335 g/mol. The summed E-state index contributed by atoms with van der Waals surface area (Å²) in [6.07, 6.45) is 0. The molecule has 0 saturated carbocycles. The lowest BCUT2D eigenvalue weighted by molar-refractivity contribution is 0.208. The number of aryl methyl sites for hydroxylation is 1. The molecule has 1 rings (SSSR count). The van der Waals surface area contributed by atoms with Crippen molar-refractivity contribution >= 4 is 35.6 Å². The lowest BCUT2D eigenvalue weighted by Gasteiger charge is -2.05. The highest BCUT2D eigenvalue weighted by Crippen LogP contribution is 2.08. The van der Waals surface area contributed by atoms with Crippen LogP contribution in [-0.2, 0) is 4.74 Å². The average Bonchev–Trinajstić information content (AvgIpc) is 2.18. The Balaban J connectivity index is 0.00000225. The summed E-state index contributed by atoms with van der Waals surface area (Å²) in [5.41, 5.74) is 7.82. The zero-order valence-electron chi connectivity index (χ0n) is 9.56. The highest BCUT2D eigenvalue weighted by Gasteiger charge is 1.94. The molecule has 0 aromatic heterocycles. The van der Waals surface area contributed by atoms with E-state index in [2.05, 4.69) is 10.3 Å². The van der Waals surface area contributed by atoms with Gasteiger partial charge in [-0.25, -0.2) is 0 Å². The molecular weight excluding hydrogens is 317 g/mol. The van der Waals surface area contributed by atoms with Crippen LogP contribution < -0.4 is 11.1 Å². The molecule has 4 nitrogen and oxygen atoms in total. The SMILES string of the molecule is COCCN=C(N)Nc1cccc(C)c1.I. The van der Waals surface area contributed by atoms with Gasteiger partial charge in [0.15, 0.2) is 5.96 Å². The van der Waals surface area contributed by atoms with E-state index in [0.29, 0.717) is 19.1 Å². The number of nitrogens with two attached hydrogens (primary N) is 1. The first-order chi connectivity index (χ1) is 7.22. The molecule has 1 aromatic rings. The lowest BCUT2D eigenvalue weighted by atomic mass is 10.2. The molecule has 1 aromatic carbocycles. The van der Waals surface area contributed by atoms with Crippen LogP contribution in [0.25, 0.3) is 0 Å². The Kier molecular flexibility index (Phi) is 7.92. The van der Waals surface area contributed by atoms with Gasteiger partial charge >= 0.3 is 0 Å². The van der Waals surface area contributed by atoms with E-state index in [1.807, 2.05) is 31.2 Å². The van der Waals surface area contributed by atoms with Gasteiger partial charge in [-0.2, -0.15) is 0 Å². The molecule has 0 saturated heterocycles. The number of guanidine groups is 1. The summed E-state index contributed by atoms with van der Waals surface area (Å²) < 4.78 is 4.87. The minimum atomic E-state index is 0. The second-order valence-electron chi connectivity index (χ2n) is 3.25. The maximum atomic E-state index is 5.68. The van der Waals surface area contributed by atoms with Crippen LogP contribution in [0.2, 0.25) is 0 Å². The van der Waals surface area contributed by atoms with Gasteiger partial charge in [0.2, 0.25) is 0 Å². The number of methoxy groups -OCH3 is 1. The number of halogens is 1. The van der Waals surface area contributed by atoms with Gasteiger partial charge in [-0.3, -0.25) is 4.99 Å². The van der Waals surface area contributed by atoms with E-state index in [1.54, 1.807) is 7.11 Å². The Morgan fingerprint density at radius 1 is 1.50 bits per heavy atom. The molecule has 16 heavy (non-hydrogen) atoms. The summed E-state index contributed by atoms with van der Waals surface area (Å²) >= 11 is 0. The lowest BCUT2D eigenvalue weighted by Crippen LogP contribution is -2.23. The molecular formula is C11H18IN3O. The third kappa shape index (κ3) is 5.92. The molecule has 0 atom stereocenters. The minimum Gasteiger partial charge on any atom is -0.383 e. The number of benzene rings is 1. The smallest absolute Gasteiger partial charge is 0.193 e. The molecule has 90 valence electrons. The standard InChI is InChI=1S/C11H17N3O.HI/c1-9-4-3-5-10(8-9)14-11(12)13-6-7-15-2;/h3-5,8H,6-7H2,1-2H3,(H3,12,13,14);1H. The summed E-state index contributed by atoms with van der Waals surface area (Å²) in [5.74, 6) is 0.414. The van der Waals surface area contributed by atoms with Gasteiger partial charge < -0.3 is 15.8 Å². The Morgan fingerprint density at radius 3 is 2.88 bits per heavy atom. The number of ether oxygens (including phenoxy) is 1. The predicted molar refractivity (Wildman–Crippen MR) is 78.6 cm³/mol. The van der Waals surface area contributed by atoms with Gasteiger partial charge in [-0.05, 0) is 24.6 Å². The topological polar surface area (TPSA) is 59.6 Å². The molecule has 0 spiro atoms. The Labute approximate surface area is 113 Å². The van der Waals surface area contributed by atoms with E-state index >= 15 is 0 Å². The van der Waals surface area contributed by atoms with Crippen molar-refractivity contribution in [3.63, 3.8) is 0 Å². The number of nitrogens with one attached hydrogen (secondary N) is 1. The molecule has 0 heterocycles. The van der Waals surface area contributed by atoms with E-state index < -0.39 is 0 Å². The van der Waals surface area contributed by atoms with Crippen molar-refractivity contribution in [1.29, 1.82) is 0 Å². The Hall–Kier alpha value is -0.820. The molecule has 0 fully saturated rings. The van der Waals surface area contributed by atoms with Crippen molar-refractivity contribution in [3.8, 4) is 0 Å². The molecule has 0 amide bonds. The van der Waals surface area contributed by atoms with Crippen LogP contribution in [0.3, 0.4) is 0 Å². The maximum absolute atomic E-state index is 5.68. The first-order valence-corrected chi connectivity index (χ1v) is 4.85. The Bertz CT molecular complexity index is 342. The van der Waals surface area contributed by atoms with E-state index in [-0.39, 0.29) is 24.0 Å². The molecule has 5 heteroatoms. The third-order valence-corrected chi connectivity index (χ3v) is 1.87. The second-order valence-corrected chi connectivity index (χ2v) is 3.25. The number of hydrogen-bond acceptors (Lipinski definition) is 2. The Morgan fingerprint density at radius 2 is 2.25 bits per heavy atom. The molecule has 0 radical (unpaired) electrons. The van der Waals surface area contributed by atoms with Crippen LogP contribution in [0.5, 0.6) is 0 Å². The van der Waals surface area contributed by atoms with Crippen LogP contribution in [0, 0.1) is 6.92 Å². The molecule has 0 aliphatic heterocycles. The van der Waals surface area contributed by atoms with Crippen LogP contribution >= 0.6 is 24.0 Å². The van der Waals surface area contributed by atoms with Crippen LogP contribution in [0.4, 0.5) is 5.69 Å². The quantitative estimate of drug-likeness (QED) is 0.383. The third-order valence-electron chi connectivity index (χ3n) is 1.87. The van der Waals surface area contributed by atoms with Crippen molar-refractivity contribution in [1.82, 2.24) is 0 Å². The summed E-state index contributed by atoms with van der Waals surface area (Å²) in [5, 5.41) is 3.01. The van der Waals surface area contributed by atoms with Crippen LogP contribution in [-0.4, -0.2) is 26.2 Å². The zero-order valence-corrected chi connectivity index (χ0v) is 11.9. The van der Waals surface area contributed by atoms with Gasteiger partial charge in [0, 0.05) is 12.8 Å². The first-order valence-electron chi connectivity index (χ1n) is 4.85. The highest BCUT2D eigenvalue weighted by molar-refractivity contribution is 14.0. The predicted octanol–water partition coefficient (Wildman–Crippen LogP) is 1.99. The molecule has 0 aliphatic carbocycles. The second kappa shape index (κ2) is 8.35. The van der Waals surface area contributed by atoms with E-state index in [4.69, 9.17) is 10.5 Å². The molecule has 0 bridgehead atoms. The van der Waals surface area contributed by atoms with E-state index in [0.717, 1.165) is 5.69 Å². The fourth-order valence-corrected chi connectivity index (χ4v) is 1.17. The van der Waals surface area contributed by atoms with Gasteiger partial charge in [-0.15, -0.1) is 24.0 Å². The molecule has 0 aliphatic rings. The summed E-state index contributed by atoms with van der Waals surface area (Å²) in [4.78, 5) is 4.10. The summed E-state index contributed by atoms with van der Waals surface area (Å²) in [7, 11) is 1.64. The molecule has 0 unspecified atom stereocenters. The van der Waals surface area contributed by atoms with Gasteiger partial charge in [-0.1, -0.05) is 12.1 Å². The van der Waals surface area contributed by atoms with Crippen molar-refractivity contribution in [2.24, 2.45) is 10.7 Å². The number of hydrogen-bond donors (Lipinski definition) is 2. The number of anilines is 1. The van der Waals surface area contributed by atoms with Gasteiger partial charge in [0.25, 0.3) is 0 Å². The number of nitrogens with zero attached hydrogens (tertiary/aromatic N) is 1. The zero-order chi connectivity index (χ0) is 11.1. The van der Waals surface area contributed by atoms with Gasteiger partial charge in [0.05, 0.1) is 13.2 Å². The largest absolute Gasteiger partial charge is 0.383 e. The van der Waals surface area contributed by atoms with E-state index in [9.17, 15) is 0 Å². The van der Waals surface area contributed by atoms with Crippen molar-refractivity contribution in [3.05, 3.63) is 29.8 Å². The average molecular weight is 335 g/mol. The fraction of sp³-hybridized carbons (Fsp3) is 0.364. The fourth-order valence-electron chi connectivity index (χ4n) is 1.17. The summed E-state index contributed by atoms with van der Waals surface area (Å²) in [6, 6.07) is 7.97.